The molecular weight excluding hydrogens is 324 g/mol. The third kappa shape index (κ3) is 4.71. The number of carbonyl (C=O) groups excluding carboxylic acids is 1. The van der Waals surface area contributed by atoms with Gasteiger partial charge in [-0.3, -0.25) is 4.79 Å². The maximum absolute atomic E-state index is 13.2. The molecule has 1 fully saturated rings. The molecule has 4 heteroatoms. The lowest BCUT2D eigenvalue weighted by atomic mass is 9.94. The molecule has 2 aromatic rings. The molecule has 26 heavy (non-hydrogen) atoms. The molecule has 1 amide bonds. The Morgan fingerprint density at radius 1 is 1.15 bits per heavy atom. The van der Waals surface area contributed by atoms with E-state index in [0.29, 0.717) is 13.1 Å². The summed E-state index contributed by atoms with van der Waals surface area (Å²) in [5, 5.41) is 0. The first-order valence-corrected chi connectivity index (χ1v) is 9.40. The van der Waals surface area contributed by atoms with Gasteiger partial charge in [0.15, 0.2) is 0 Å². The first kappa shape index (κ1) is 18.6. The van der Waals surface area contributed by atoms with Gasteiger partial charge in [0.05, 0.1) is 12.0 Å². The Morgan fingerprint density at radius 2 is 1.81 bits per heavy atom. The van der Waals surface area contributed by atoms with Gasteiger partial charge in [0.25, 0.3) is 0 Å². The summed E-state index contributed by atoms with van der Waals surface area (Å²) in [6.07, 6.45) is 2.21. The van der Waals surface area contributed by atoms with Gasteiger partial charge in [-0.1, -0.05) is 67.6 Å². The van der Waals surface area contributed by atoms with Gasteiger partial charge in [-0.25, -0.2) is 0 Å². The molecule has 0 bridgehead atoms. The van der Waals surface area contributed by atoms with E-state index >= 15 is 0 Å². The molecule has 1 saturated heterocycles. The molecule has 2 N–H and O–H groups in total. The average Bonchev–Trinajstić information content (AvgIpc) is 3.20. The van der Waals surface area contributed by atoms with Crippen LogP contribution in [0.3, 0.4) is 0 Å². The predicted octanol–water partition coefficient (Wildman–Crippen LogP) is 3.53. The summed E-state index contributed by atoms with van der Waals surface area (Å²) in [5.41, 5.74) is 8.52. The largest absolute Gasteiger partial charge is 0.376 e. The van der Waals surface area contributed by atoms with Crippen LogP contribution in [0.1, 0.15) is 36.9 Å². The van der Waals surface area contributed by atoms with E-state index in [1.807, 2.05) is 60.4 Å². The standard InChI is InChI=1S/C22H28N2O2/c1-17(21(23)19-11-6-3-7-12-19)22(25)24(16-20-13-8-14-26-20)15-18-9-4-2-5-10-18/h2-7,9-12,17,20-21H,8,13-16,23H2,1H3. The van der Waals surface area contributed by atoms with Crippen LogP contribution >= 0.6 is 0 Å². The smallest absolute Gasteiger partial charge is 0.227 e. The first-order chi connectivity index (χ1) is 12.6. The Labute approximate surface area is 156 Å². The van der Waals surface area contributed by atoms with Crippen molar-refractivity contribution in [3.8, 4) is 0 Å². The quantitative estimate of drug-likeness (QED) is 0.829. The van der Waals surface area contributed by atoms with Crippen molar-refractivity contribution in [2.75, 3.05) is 13.2 Å². The highest BCUT2D eigenvalue weighted by Gasteiger charge is 2.29. The van der Waals surface area contributed by atoms with E-state index in [4.69, 9.17) is 10.5 Å². The molecule has 0 saturated carbocycles. The fraction of sp³-hybridized carbons (Fsp3) is 0.409. The van der Waals surface area contributed by atoms with Crippen molar-refractivity contribution in [2.45, 2.75) is 38.5 Å². The van der Waals surface area contributed by atoms with Crippen LogP contribution in [0.2, 0.25) is 0 Å². The molecule has 1 aliphatic heterocycles. The number of benzene rings is 2. The fourth-order valence-corrected chi connectivity index (χ4v) is 3.48. The summed E-state index contributed by atoms with van der Waals surface area (Å²) in [6, 6.07) is 19.6. The normalized spacial score (nSPS) is 19.1. The number of hydrogen-bond acceptors (Lipinski definition) is 3. The van der Waals surface area contributed by atoms with E-state index in [9.17, 15) is 4.79 Å². The van der Waals surface area contributed by atoms with Crippen LogP contribution in [0.4, 0.5) is 0 Å². The molecule has 3 rings (SSSR count). The second-order valence-electron chi connectivity index (χ2n) is 7.06. The van der Waals surface area contributed by atoms with E-state index in [-0.39, 0.29) is 24.0 Å². The van der Waals surface area contributed by atoms with Crippen molar-refractivity contribution in [3.63, 3.8) is 0 Å². The maximum Gasteiger partial charge on any atom is 0.227 e. The van der Waals surface area contributed by atoms with Crippen molar-refractivity contribution in [1.29, 1.82) is 0 Å². The zero-order valence-corrected chi connectivity index (χ0v) is 15.4. The van der Waals surface area contributed by atoms with Crippen LogP contribution in [0.15, 0.2) is 60.7 Å². The molecular formula is C22H28N2O2. The summed E-state index contributed by atoms with van der Waals surface area (Å²) in [4.78, 5) is 15.2. The Kier molecular flexibility index (Phi) is 6.42. The third-order valence-corrected chi connectivity index (χ3v) is 5.09. The van der Waals surface area contributed by atoms with Crippen molar-refractivity contribution >= 4 is 5.91 Å². The summed E-state index contributed by atoms with van der Waals surface area (Å²) in [7, 11) is 0. The summed E-state index contributed by atoms with van der Waals surface area (Å²) < 4.78 is 5.77. The zero-order chi connectivity index (χ0) is 18.4. The van der Waals surface area contributed by atoms with E-state index in [1.54, 1.807) is 0 Å². The highest BCUT2D eigenvalue weighted by Crippen LogP contribution is 2.23. The van der Waals surface area contributed by atoms with Crippen molar-refractivity contribution < 1.29 is 9.53 Å². The summed E-state index contributed by atoms with van der Waals surface area (Å²) in [5.74, 6) is -0.205. The van der Waals surface area contributed by atoms with Gasteiger partial charge in [-0.2, -0.15) is 0 Å². The molecule has 1 aliphatic rings. The number of amides is 1. The van der Waals surface area contributed by atoms with Gasteiger partial charge in [-0.05, 0) is 24.0 Å². The van der Waals surface area contributed by atoms with Gasteiger partial charge < -0.3 is 15.4 Å². The number of carbonyl (C=O) groups is 1. The molecule has 1 heterocycles. The lowest BCUT2D eigenvalue weighted by molar-refractivity contribution is -0.138. The topological polar surface area (TPSA) is 55.6 Å². The van der Waals surface area contributed by atoms with Crippen LogP contribution < -0.4 is 5.73 Å². The fourth-order valence-electron chi connectivity index (χ4n) is 3.48. The van der Waals surface area contributed by atoms with Crippen LogP contribution in [0.5, 0.6) is 0 Å². The second-order valence-corrected chi connectivity index (χ2v) is 7.06. The molecule has 3 unspecified atom stereocenters. The molecule has 2 aromatic carbocycles. The van der Waals surface area contributed by atoms with Gasteiger partial charge in [0, 0.05) is 25.7 Å². The van der Waals surface area contributed by atoms with E-state index < -0.39 is 0 Å². The first-order valence-electron chi connectivity index (χ1n) is 9.40. The summed E-state index contributed by atoms with van der Waals surface area (Å²) >= 11 is 0. The average molecular weight is 352 g/mol. The molecule has 3 atom stereocenters. The minimum absolute atomic E-state index is 0.0840. The number of rotatable bonds is 7. The number of hydrogen-bond donors (Lipinski definition) is 1. The van der Waals surface area contributed by atoms with Crippen LogP contribution in [0, 0.1) is 5.92 Å². The molecule has 0 aromatic heterocycles. The van der Waals surface area contributed by atoms with E-state index in [1.165, 1.54) is 0 Å². The summed E-state index contributed by atoms with van der Waals surface area (Å²) in [6.45, 7) is 3.93. The Morgan fingerprint density at radius 3 is 2.42 bits per heavy atom. The number of nitrogens with two attached hydrogens (primary N) is 1. The molecule has 138 valence electrons. The van der Waals surface area contributed by atoms with Crippen molar-refractivity contribution in [3.05, 3.63) is 71.8 Å². The molecule has 0 aliphatic carbocycles. The SMILES string of the molecule is CC(C(=O)N(Cc1ccccc1)CC1CCCO1)C(N)c1ccccc1. The lowest BCUT2D eigenvalue weighted by Crippen LogP contribution is -2.42. The van der Waals surface area contributed by atoms with E-state index in [0.717, 1.165) is 30.6 Å². The third-order valence-electron chi connectivity index (χ3n) is 5.09. The van der Waals surface area contributed by atoms with Gasteiger partial charge in [0.2, 0.25) is 5.91 Å². The van der Waals surface area contributed by atoms with Gasteiger partial charge in [0.1, 0.15) is 0 Å². The van der Waals surface area contributed by atoms with Crippen LogP contribution in [-0.2, 0) is 16.1 Å². The van der Waals surface area contributed by atoms with E-state index in [2.05, 4.69) is 12.1 Å². The molecule has 0 radical (unpaired) electrons. The Hall–Kier alpha value is -2.17. The molecule has 0 spiro atoms. The van der Waals surface area contributed by atoms with Gasteiger partial charge >= 0.3 is 0 Å². The number of ether oxygens (including phenoxy) is 1. The lowest BCUT2D eigenvalue weighted by Gasteiger charge is -2.30. The second kappa shape index (κ2) is 8.97. The predicted molar refractivity (Wildman–Crippen MR) is 103 cm³/mol. The highest BCUT2D eigenvalue weighted by molar-refractivity contribution is 5.79. The van der Waals surface area contributed by atoms with Gasteiger partial charge in [-0.15, -0.1) is 0 Å². The molecule has 4 nitrogen and oxygen atoms in total. The Bertz CT molecular complexity index is 684. The van der Waals surface area contributed by atoms with Crippen LogP contribution in [-0.4, -0.2) is 30.1 Å². The van der Waals surface area contributed by atoms with Crippen molar-refractivity contribution in [2.24, 2.45) is 11.7 Å². The monoisotopic (exact) mass is 352 g/mol. The minimum atomic E-state index is -0.313. The number of nitrogens with zero attached hydrogens (tertiary/aromatic N) is 1. The van der Waals surface area contributed by atoms with Crippen molar-refractivity contribution in [1.82, 2.24) is 4.90 Å². The Balaban J connectivity index is 1.74. The highest BCUT2D eigenvalue weighted by atomic mass is 16.5. The zero-order valence-electron chi connectivity index (χ0n) is 15.4. The van der Waals surface area contributed by atoms with Crippen LogP contribution in [0.25, 0.3) is 0 Å². The maximum atomic E-state index is 13.2. The minimum Gasteiger partial charge on any atom is -0.376 e.